The smallest absolute Gasteiger partial charge is 0.269 e. The average molecular weight is 573 g/mol. The van der Waals surface area contributed by atoms with Crippen molar-refractivity contribution in [3.8, 4) is 0 Å². The first kappa shape index (κ1) is 27.8. The Kier molecular flexibility index (Phi) is 7.22. The van der Waals surface area contributed by atoms with Crippen molar-refractivity contribution in [3.05, 3.63) is 106 Å². The lowest BCUT2D eigenvalue weighted by Crippen LogP contribution is -2.45. The quantitative estimate of drug-likeness (QED) is 0.254. The topological polar surface area (TPSA) is 144 Å². The van der Waals surface area contributed by atoms with Gasteiger partial charge in [0, 0.05) is 24.6 Å². The van der Waals surface area contributed by atoms with E-state index in [-0.39, 0.29) is 29.4 Å². The summed E-state index contributed by atoms with van der Waals surface area (Å²) in [5.74, 6) is -3.24. The zero-order valence-corrected chi connectivity index (χ0v) is 23.2. The third kappa shape index (κ3) is 5.00. The number of carbonyl (C=O) groups is 2. The van der Waals surface area contributed by atoms with Gasteiger partial charge in [-0.15, -0.1) is 0 Å². The van der Waals surface area contributed by atoms with Gasteiger partial charge in [-0.1, -0.05) is 55.5 Å². The van der Waals surface area contributed by atoms with Crippen LogP contribution in [0.2, 0.25) is 0 Å². The number of anilines is 2. The molecular weight excluding hydrogens is 544 g/mol. The Morgan fingerprint density at radius 3 is 2.29 bits per heavy atom. The summed E-state index contributed by atoms with van der Waals surface area (Å²) >= 11 is 0. The molecule has 41 heavy (non-hydrogen) atoms. The predicted molar refractivity (Wildman–Crippen MR) is 156 cm³/mol. The van der Waals surface area contributed by atoms with Crippen molar-refractivity contribution in [1.82, 2.24) is 0 Å². The van der Waals surface area contributed by atoms with Gasteiger partial charge in [0.05, 0.1) is 33.7 Å². The zero-order chi connectivity index (χ0) is 29.5. The number of carbonyl (C=O) groups excluding carboxylic acids is 2. The number of primary amides is 1. The number of para-hydroxylation sites is 2. The Bertz CT molecular complexity index is 1790. The van der Waals surface area contributed by atoms with Gasteiger partial charge in [-0.3, -0.25) is 24.0 Å². The number of amides is 2. The minimum absolute atomic E-state index is 0.135. The van der Waals surface area contributed by atoms with Crippen LogP contribution in [0.5, 0.6) is 0 Å². The maximum Gasteiger partial charge on any atom is 0.269 e. The Balaban J connectivity index is 1.69. The molecule has 0 saturated carbocycles. The fourth-order valence-electron chi connectivity index (χ4n) is 5.22. The second kappa shape index (κ2) is 10.7. The largest absolute Gasteiger partial charge is 0.369 e. The lowest BCUT2D eigenvalue weighted by atomic mass is 9.91. The number of nitro benzene ring substituents is 1. The third-order valence-corrected chi connectivity index (χ3v) is 9.46. The predicted octanol–water partition coefficient (Wildman–Crippen LogP) is 4.54. The monoisotopic (exact) mass is 572 g/mol. The first-order chi connectivity index (χ1) is 19.5. The molecule has 2 amide bonds. The van der Waals surface area contributed by atoms with Crippen molar-refractivity contribution < 1.29 is 22.9 Å². The van der Waals surface area contributed by atoms with Crippen LogP contribution in [-0.2, 0) is 26.2 Å². The zero-order valence-electron chi connectivity index (χ0n) is 22.4. The lowest BCUT2D eigenvalue weighted by Gasteiger charge is -2.28. The summed E-state index contributed by atoms with van der Waals surface area (Å²) in [4.78, 5) is 38.5. The molecule has 0 fully saturated rings. The molecule has 2 N–H and O–H groups in total. The Morgan fingerprint density at radius 2 is 1.63 bits per heavy atom. The average Bonchev–Trinajstić information content (AvgIpc) is 3.08. The van der Waals surface area contributed by atoms with Gasteiger partial charge >= 0.3 is 0 Å². The molecule has 1 aliphatic heterocycles. The minimum atomic E-state index is -4.32. The van der Waals surface area contributed by atoms with Crippen LogP contribution < -0.4 is 14.9 Å². The first-order valence-corrected chi connectivity index (χ1v) is 14.4. The number of nitrogens with two attached hydrogens (primary N) is 1. The van der Waals surface area contributed by atoms with Crippen LogP contribution in [-0.4, -0.2) is 31.7 Å². The maximum absolute atomic E-state index is 14.3. The van der Waals surface area contributed by atoms with Crippen LogP contribution >= 0.6 is 0 Å². The van der Waals surface area contributed by atoms with Gasteiger partial charge in [-0.25, -0.2) is 8.42 Å². The van der Waals surface area contributed by atoms with Crippen LogP contribution in [0.25, 0.3) is 10.8 Å². The van der Waals surface area contributed by atoms with E-state index in [1.807, 2.05) is 43.3 Å². The number of hydrogen-bond acceptors (Lipinski definition) is 6. The highest BCUT2D eigenvalue weighted by Crippen LogP contribution is 2.40. The fraction of sp³-hybridized carbons (Fsp3) is 0.200. The van der Waals surface area contributed by atoms with E-state index in [0.717, 1.165) is 50.5 Å². The molecule has 1 aliphatic rings. The molecule has 4 aromatic carbocycles. The number of hydrogen-bond donors (Lipinski definition) is 1. The molecule has 11 heteroatoms. The van der Waals surface area contributed by atoms with Crippen LogP contribution in [0.1, 0.15) is 18.1 Å². The number of non-ortho nitro benzene ring substituents is 1. The molecule has 1 unspecified atom stereocenters. The van der Waals surface area contributed by atoms with Crippen molar-refractivity contribution in [2.24, 2.45) is 17.6 Å². The molecule has 0 spiro atoms. The maximum atomic E-state index is 14.3. The van der Waals surface area contributed by atoms with Crippen molar-refractivity contribution in [1.29, 1.82) is 0 Å². The summed E-state index contributed by atoms with van der Waals surface area (Å²) in [6.45, 7) is 3.25. The van der Waals surface area contributed by atoms with Gasteiger partial charge in [0.1, 0.15) is 0 Å². The van der Waals surface area contributed by atoms with Gasteiger partial charge in [0.15, 0.2) is 0 Å². The van der Waals surface area contributed by atoms with E-state index in [0.29, 0.717) is 5.69 Å². The van der Waals surface area contributed by atoms with Crippen LogP contribution in [0.4, 0.5) is 17.1 Å². The molecule has 5 rings (SSSR count). The van der Waals surface area contributed by atoms with E-state index in [1.165, 1.54) is 11.8 Å². The molecule has 4 aromatic rings. The summed E-state index contributed by atoms with van der Waals surface area (Å²) in [6, 6.07) is 23.0. The fourth-order valence-corrected chi connectivity index (χ4v) is 6.72. The van der Waals surface area contributed by atoms with E-state index < -0.39 is 38.6 Å². The molecule has 210 valence electrons. The van der Waals surface area contributed by atoms with Crippen molar-refractivity contribution >= 4 is 49.7 Å². The molecule has 10 nitrogen and oxygen atoms in total. The summed E-state index contributed by atoms with van der Waals surface area (Å²) in [5, 5.41) is 13.1. The van der Waals surface area contributed by atoms with Crippen molar-refractivity contribution in [2.75, 3.05) is 15.7 Å². The van der Waals surface area contributed by atoms with E-state index in [1.54, 1.807) is 24.3 Å². The first-order valence-electron chi connectivity index (χ1n) is 12.9. The Hall–Kier alpha value is -4.77. The summed E-state index contributed by atoms with van der Waals surface area (Å²) in [7, 11) is -4.32. The minimum Gasteiger partial charge on any atom is -0.369 e. The van der Waals surface area contributed by atoms with Crippen LogP contribution in [0.3, 0.4) is 0 Å². The lowest BCUT2D eigenvalue weighted by molar-refractivity contribution is -0.384. The highest BCUT2D eigenvalue weighted by atomic mass is 32.2. The summed E-state index contributed by atoms with van der Waals surface area (Å²) in [5.41, 5.74) is 7.84. The van der Waals surface area contributed by atoms with E-state index >= 15 is 0 Å². The number of aryl methyl sites for hydroxylation is 1. The molecular formula is C30H28N4O6S. The highest BCUT2D eigenvalue weighted by Gasteiger charge is 2.42. The molecule has 0 aromatic heterocycles. The van der Waals surface area contributed by atoms with Crippen LogP contribution in [0, 0.1) is 28.9 Å². The normalized spacial score (nSPS) is 16.2. The third-order valence-electron chi connectivity index (χ3n) is 7.67. The number of rotatable bonds is 7. The SMILES string of the molecule is Cc1ccc2ccccc2c1CN1C(=O)[C@@H](C(C)C(N)=O)CN(S(=O)(=O)c2ccc([N+](=O)[O-])cc2)c2ccccc21. The number of nitrogens with zero attached hydrogens (tertiary/aromatic N) is 3. The van der Waals surface area contributed by atoms with Gasteiger partial charge in [-0.05, 0) is 53.1 Å². The Labute approximate surface area is 237 Å². The van der Waals surface area contributed by atoms with E-state index in [2.05, 4.69) is 0 Å². The highest BCUT2D eigenvalue weighted by molar-refractivity contribution is 7.92. The van der Waals surface area contributed by atoms with Gasteiger partial charge < -0.3 is 10.6 Å². The summed E-state index contributed by atoms with van der Waals surface area (Å²) in [6.07, 6.45) is 0. The molecule has 0 aliphatic carbocycles. The number of fused-ring (bicyclic) bond motifs is 2. The van der Waals surface area contributed by atoms with E-state index in [4.69, 9.17) is 5.73 Å². The second-order valence-corrected chi connectivity index (χ2v) is 11.9. The number of sulfonamides is 1. The summed E-state index contributed by atoms with van der Waals surface area (Å²) < 4.78 is 29.2. The number of nitro groups is 1. The molecule has 0 radical (unpaired) electrons. The van der Waals surface area contributed by atoms with Crippen molar-refractivity contribution in [3.63, 3.8) is 0 Å². The standard InChI is InChI=1S/C30H28N4O6S/c1-19-11-12-21-7-3-4-8-24(21)25(19)17-32-27-9-5-6-10-28(27)33(18-26(30(32)36)20(2)29(31)35)41(39,40)23-15-13-22(14-16-23)34(37)38/h3-16,20,26H,17-18H2,1-2H3,(H2,31,35)/t20?,26-/m1/s1. The van der Waals surface area contributed by atoms with E-state index in [9.17, 15) is 28.1 Å². The second-order valence-electron chi connectivity index (χ2n) is 10.1. The molecule has 0 saturated heterocycles. The van der Waals surface area contributed by atoms with Crippen LogP contribution in [0.15, 0.2) is 89.8 Å². The Morgan fingerprint density at radius 1 is 1.00 bits per heavy atom. The van der Waals surface area contributed by atoms with Gasteiger partial charge in [0.2, 0.25) is 11.8 Å². The van der Waals surface area contributed by atoms with Gasteiger partial charge in [-0.2, -0.15) is 0 Å². The molecule has 0 bridgehead atoms. The van der Waals surface area contributed by atoms with Gasteiger partial charge in [0.25, 0.3) is 15.7 Å². The molecule has 1 heterocycles. The van der Waals surface area contributed by atoms with Crippen molar-refractivity contribution in [2.45, 2.75) is 25.3 Å². The molecule has 2 atom stereocenters. The number of benzene rings is 4.